The second-order valence-electron chi connectivity index (χ2n) is 5.31. The number of carbonyl (C=O) groups is 2. The first-order valence-corrected chi connectivity index (χ1v) is 8.97. The van der Waals surface area contributed by atoms with Crippen molar-refractivity contribution in [1.82, 2.24) is 9.62 Å². The van der Waals surface area contributed by atoms with Crippen molar-refractivity contribution in [3.05, 3.63) is 64.2 Å². The Balaban J connectivity index is 2.27. The van der Waals surface area contributed by atoms with Crippen molar-refractivity contribution in [1.29, 1.82) is 0 Å². The highest BCUT2D eigenvalue weighted by Crippen LogP contribution is 2.21. The fourth-order valence-electron chi connectivity index (χ4n) is 2.11. The van der Waals surface area contributed by atoms with E-state index in [1.807, 2.05) is 0 Å². The molecule has 0 fully saturated rings. The SMILES string of the molecule is CNC(=O)Nc1ccc(S(=O)(=O)N(C)C(=O)c2cccc([N+](=O)[O-])c2)cc1. The van der Waals surface area contributed by atoms with Crippen molar-refractivity contribution in [2.45, 2.75) is 4.90 Å². The molecule has 0 bridgehead atoms. The van der Waals surface area contributed by atoms with Crippen LogP contribution in [0.25, 0.3) is 0 Å². The summed E-state index contributed by atoms with van der Waals surface area (Å²) in [4.78, 5) is 33.7. The van der Waals surface area contributed by atoms with E-state index in [2.05, 4.69) is 10.6 Å². The van der Waals surface area contributed by atoms with Gasteiger partial charge in [0.25, 0.3) is 21.6 Å². The van der Waals surface area contributed by atoms with Crippen LogP contribution in [-0.4, -0.2) is 43.7 Å². The third-order valence-electron chi connectivity index (χ3n) is 3.59. The number of nitro groups is 1. The fraction of sp³-hybridized carbons (Fsp3) is 0.125. The molecule has 2 N–H and O–H groups in total. The summed E-state index contributed by atoms with van der Waals surface area (Å²) in [5.41, 5.74) is -0.0922. The molecule has 142 valence electrons. The highest BCUT2D eigenvalue weighted by Gasteiger charge is 2.27. The van der Waals surface area contributed by atoms with Crippen molar-refractivity contribution in [3.63, 3.8) is 0 Å². The molecule has 0 aromatic heterocycles. The predicted octanol–water partition coefficient (Wildman–Crippen LogP) is 1.81. The molecule has 27 heavy (non-hydrogen) atoms. The van der Waals surface area contributed by atoms with Gasteiger partial charge in [-0.3, -0.25) is 14.9 Å². The van der Waals surface area contributed by atoms with E-state index in [4.69, 9.17) is 0 Å². The number of sulfonamides is 1. The Kier molecular flexibility index (Phi) is 5.75. The molecule has 0 saturated heterocycles. The molecule has 3 amide bonds. The molecule has 0 heterocycles. The Bertz CT molecular complexity index is 988. The molecule has 11 heteroatoms. The Labute approximate surface area is 155 Å². The van der Waals surface area contributed by atoms with E-state index < -0.39 is 26.9 Å². The van der Waals surface area contributed by atoms with E-state index in [0.717, 1.165) is 13.1 Å². The average Bonchev–Trinajstić information content (AvgIpc) is 2.67. The number of non-ortho nitro benzene ring substituents is 1. The van der Waals surface area contributed by atoms with Crippen LogP contribution in [-0.2, 0) is 10.0 Å². The summed E-state index contributed by atoms with van der Waals surface area (Å²) >= 11 is 0. The van der Waals surface area contributed by atoms with Gasteiger partial charge >= 0.3 is 6.03 Å². The van der Waals surface area contributed by atoms with E-state index >= 15 is 0 Å². The van der Waals surface area contributed by atoms with Gasteiger partial charge in [0.2, 0.25) is 0 Å². The zero-order chi connectivity index (χ0) is 20.2. The maximum Gasteiger partial charge on any atom is 0.318 e. The minimum Gasteiger partial charge on any atom is -0.341 e. The maximum atomic E-state index is 12.6. The van der Waals surface area contributed by atoms with Crippen LogP contribution in [0.3, 0.4) is 0 Å². The number of benzene rings is 2. The number of nitrogens with zero attached hydrogens (tertiary/aromatic N) is 2. The first-order valence-electron chi connectivity index (χ1n) is 7.53. The van der Waals surface area contributed by atoms with E-state index in [-0.39, 0.29) is 16.1 Å². The van der Waals surface area contributed by atoms with Crippen LogP contribution < -0.4 is 10.6 Å². The van der Waals surface area contributed by atoms with Crippen molar-refractivity contribution in [3.8, 4) is 0 Å². The lowest BCUT2D eigenvalue weighted by molar-refractivity contribution is -0.384. The molecular formula is C16H16N4O6S. The molecule has 0 radical (unpaired) electrons. The van der Waals surface area contributed by atoms with Gasteiger partial charge in [0.05, 0.1) is 9.82 Å². The first kappa shape index (κ1) is 19.8. The van der Waals surface area contributed by atoms with E-state index in [1.165, 1.54) is 49.5 Å². The molecule has 0 spiro atoms. The zero-order valence-electron chi connectivity index (χ0n) is 14.4. The highest BCUT2D eigenvalue weighted by atomic mass is 32.2. The normalized spacial score (nSPS) is 10.7. The quantitative estimate of drug-likeness (QED) is 0.588. The molecule has 0 aliphatic carbocycles. The van der Waals surface area contributed by atoms with Crippen LogP contribution in [0.1, 0.15) is 10.4 Å². The molecule has 2 rings (SSSR count). The van der Waals surface area contributed by atoms with Crippen LogP contribution in [0.2, 0.25) is 0 Å². The lowest BCUT2D eigenvalue weighted by Gasteiger charge is -2.18. The molecule has 0 atom stereocenters. The van der Waals surface area contributed by atoms with Crippen molar-refractivity contribution >= 4 is 33.3 Å². The third-order valence-corrected chi connectivity index (χ3v) is 5.34. The van der Waals surface area contributed by atoms with Crippen molar-refractivity contribution < 1.29 is 22.9 Å². The Morgan fingerprint density at radius 3 is 2.30 bits per heavy atom. The minimum absolute atomic E-state index is 0.131. The Hall–Kier alpha value is -3.47. The average molecular weight is 392 g/mol. The molecular weight excluding hydrogens is 376 g/mol. The van der Waals surface area contributed by atoms with E-state index in [0.29, 0.717) is 9.99 Å². The molecule has 0 unspecified atom stereocenters. The minimum atomic E-state index is -4.18. The number of urea groups is 1. The summed E-state index contributed by atoms with van der Waals surface area (Å²) in [7, 11) is -1.69. The van der Waals surface area contributed by atoms with Gasteiger partial charge in [0.1, 0.15) is 0 Å². The summed E-state index contributed by atoms with van der Waals surface area (Å²) < 4.78 is 25.8. The maximum absolute atomic E-state index is 12.6. The van der Waals surface area contributed by atoms with Crippen LogP contribution in [0.15, 0.2) is 53.4 Å². The summed E-state index contributed by atoms with van der Waals surface area (Å²) in [6.07, 6.45) is 0. The van der Waals surface area contributed by atoms with Gasteiger partial charge in [-0.1, -0.05) is 6.07 Å². The monoisotopic (exact) mass is 392 g/mol. The van der Waals surface area contributed by atoms with Gasteiger partial charge in [0, 0.05) is 37.5 Å². The number of hydrogen-bond acceptors (Lipinski definition) is 6. The molecule has 10 nitrogen and oxygen atoms in total. The summed E-state index contributed by atoms with van der Waals surface area (Å²) in [6.45, 7) is 0. The molecule has 0 saturated carbocycles. The van der Waals surface area contributed by atoms with Crippen LogP contribution in [0, 0.1) is 10.1 Å². The third kappa shape index (κ3) is 4.39. The topological polar surface area (TPSA) is 139 Å². The van der Waals surface area contributed by atoms with Crippen LogP contribution in [0.4, 0.5) is 16.2 Å². The Morgan fingerprint density at radius 2 is 1.74 bits per heavy atom. The summed E-state index contributed by atoms with van der Waals surface area (Å²) in [5.74, 6) is -0.911. The standard InChI is InChI=1S/C16H16N4O6S/c1-17-16(22)18-12-6-8-14(9-7-12)27(25,26)19(2)15(21)11-4-3-5-13(10-11)20(23)24/h3-10H,1-2H3,(H2,17,18,22). The number of carbonyl (C=O) groups excluding carboxylic acids is 2. The lowest BCUT2D eigenvalue weighted by Crippen LogP contribution is -2.33. The van der Waals surface area contributed by atoms with Gasteiger partial charge in [0.15, 0.2) is 0 Å². The number of amides is 3. The first-order chi connectivity index (χ1) is 12.7. The molecule has 0 aliphatic heterocycles. The zero-order valence-corrected chi connectivity index (χ0v) is 15.2. The predicted molar refractivity (Wildman–Crippen MR) is 96.9 cm³/mol. The van der Waals surface area contributed by atoms with Crippen LogP contribution in [0.5, 0.6) is 0 Å². The highest BCUT2D eigenvalue weighted by molar-refractivity contribution is 7.89. The second-order valence-corrected chi connectivity index (χ2v) is 7.28. The summed E-state index contributed by atoms with van der Waals surface area (Å²) in [6, 6.07) is 9.53. The number of anilines is 1. The number of hydrogen-bond donors (Lipinski definition) is 2. The number of rotatable bonds is 5. The van der Waals surface area contributed by atoms with Gasteiger partial charge in [-0.15, -0.1) is 0 Å². The van der Waals surface area contributed by atoms with Gasteiger partial charge < -0.3 is 10.6 Å². The fourth-order valence-corrected chi connectivity index (χ4v) is 3.23. The van der Waals surface area contributed by atoms with E-state index in [1.54, 1.807) is 0 Å². The second kappa shape index (κ2) is 7.83. The molecule has 0 aliphatic rings. The van der Waals surface area contributed by atoms with Crippen LogP contribution >= 0.6 is 0 Å². The number of nitrogens with one attached hydrogen (secondary N) is 2. The lowest BCUT2D eigenvalue weighted by atomic mass is 10.2. The van der Waals surface area contributed by atoms with Gasteiger partial charge in [-0.25, -0.2) is 17.5 Å². The largest absolute Gasteiger partial charge is 0.341 e. The van der Waals surface area contributed by atoms with Crippen molar-refractivity contribution in [2.75, 3.05) is 19.4 Å². The van der Waals surface area contributed by atoms with E-state index in [9.17, 15) is 28.1 Å². The van der Waals surface area contributed by atoms with Gasteiger partial charge in [-0.2, -0.15) is 0 Å². The van der Waals surface area contributed by atoms with Gasteiger partial charge in [-0.05, 0) is 30.3 Å². The smallest absolute Gasteiger partial charge is 0.318 e. The molecule has 2 aromatic rings. The Morgan fingerprint density at radius 1 is 1.11 bits per heavy atom. The number of nitro benzene ring substituents is 1. The summed E-state index contributed by atoms with van der Waals surface area (Å²) in [5, 5.41) is 15.7. The molecule has 2 aromatic carbocycles. The van der Waals surface area contributed by atoms with Crippen molar-refractivity contribution in [2.24, 2.45) is 0 Å².